The van der Waals surface area contributed by atoms with E-state index in [0.29, 0.717) is 92.5 Å². The monoisotopic (exact) mass is 1490 g/mol. The summed E-state index contributed by atoms with van der Waals surface area (Å²) < 4.78 is 57.3. The molecule has 0 saturated heterocycles. The molecule has 5 aliphatic rings. The molecule has 11 aromatic carbocycles. The van der Waals surface area contributed by atoms with Crippen molar-refractivity contribution in [2.75, 3.05) is 41.0 Å². The zero-order chi connectivity index (χ0) is 78.0. The second-order valence-electron chi connectivity index (χ2n) is 26.2. The molecule has 20 nitrogen and oxygen atoms in total. The maximum atomic E-state index is 14.1. The Kier molecular flexibility index (Phi) is 22.8. The van der Waals surface area contributed by atoms with Gasteiger partial charge in [0.05, 0.1) is 87.4 Å². The number of carbonyl (C=O) groups is 7. The number of methoxy groups -OCH3 is 3. The first-order chi connectivity index (χ1) is 53.8. The van der Waals surface area contributed by atoms with E-state index in [0.717, 1.165) is 66.1 Å². The van der Waals surface area contributed by atoms with E-state index in [-0.39, 0.29) is 54.9 Å². The topological polar surface area (TPSA) is 287 Å². The Morgan fingerprint density at radius 3 is 1.10 bits per heavy atom. The molecule has 5 aliphatic heterocycles. The Morgan fingerprint density at radius 2 is 0.721 bits per heavy atom. The fraction of sp³-hybridized carbons (Fsp3) is 0.136. The van der Waals surface area contributed by atoms with Crippen molar-refractivity contribution in [3.8, 4) is 50.6 Å². The molecule has 3 atom stereocenters. The van der Waals surface area contributed by atoms with Crippen molar-refractivity contribution in [1.82, 2.24) is 20.4 Å². The van der Waals surface area contributed by atoms with Gasteiger partial charge in [-0.05, 0) is 182 Å². The number of amides is 6. The molecule has 7 N–H and O–H groups in total. The van der Waals surface area contributed by atoms with Gasteiger partial charge in [0.25, 0.3) is 35.4 Å². The molecular weight excluding hydrogens is 1420 g/mol. The first-order valence-electron chi connectivity index (χ1n) is 35.2. The fourth-order valence-electron chi connectivity index (χ4n) is 13.4. The molecule has 0 fully saturated rings. The van der Waals surface area contributed by atoms with Crippen molar-refractivity contribution in [3.05, 3.63) is 338 Å². The SMILES string of the molecule is COc1cccc(C(CN)NC(=O)c2cccc(-c3ccc4c(c3)C(F)=NC4)c2)c1.COc1cccc(C(CN2C(=O)c3ccccc3C2=O)NC(=O)c2cccc(-c3ccc4c(c3)C(F)=NC4)c2)c1.COc1cccc(C(N)CN2C(=O)c3ccccc3C2=O)c1.O=C(O)c1cccc(-c2ccc3c(c2)C(F)=NC3)c1. The van der Waals surface area contributed by atoms with Gasteiger partial charge >= 0.3 is 5.97 Å². The van der Waals surface area contributed by atoms with Crippen LogP contribution in [0.3, 0.4) is 0 Å². The number of nitrogens with two attached hydrogens (primary N) is 2. The van der Waals surface area contributed by atoms with Crippen LogP contribution in [0.5, 0.6) is 17.2 Å². The average molecular weight is 1490 g/mol. The lowest BCUT2D eigenvalue weighted by atomic mass is 9.98. The Bertz CT molecular complexity index is 5540. The van der Waals surface area contributed by atoms with Crippen LogP contribution in [0.25, 0.3) is 33.4 Å². The van der Waals surface area contributed by atoms with E-state index in [1.807, 2.05) is 109 Å². The molecule has 0 saturated carbocycles. The molecule has 5 heterocycles. The highest BCUT2D eigenvalue weighted by molar-refractivity contribution is 6.22. The standard InChI is InChI=1S/C32H24FN3O4.C24H22FN3O2.C17H16N2O3.C15H10FNO2/c1-40-24-9-5-7-21(15-24)28(18-36-31(38)25-10-2-3-11-26(25)32(36)39)35-30(37)22-8-4-6-19(14-22)20-12-13-23-17-34-29(33)27(23)16-20;1-30-20-7-3-5-17(11-20)22(13-26)28-24(29)18-6-2-4-15(10-18)16-8-9-19-14-27-23(25)21(19)12-16;1-22-12-6-4-5-11(9-12)15(18)10-19-16(20)13-7-2-3-8-14(13)17(19)21;16-14-13-7-10(4-5-12(13)8-17-14)9-2-1-3-11(6-9)15(18)19/h2-16,28H,17-18H2,1H3,(H,35,37);2-12,22H,13-14,26H2,1H3,(H,28,29);2-9,15H,10,18H2,1H3;1-7H,8H2,(H,18,19). The third kappa shape index (κ3) is 16.7. The zero-order valence-electron chi connectivity index (χ0n) is 60.2. The van der Waals surface area contributed by atoms with Gasteiger partial charge in [0.1, 0.15) is 17.2 Å². The quantitative estimate of drug-likeness (QED) is 0.0471. The lowest BCUT2D eigenvalue weighted by molar-refractivity contribution is 0.0621. The van der Waals surface area contributed by atoms with Crippen LogP contribution in [0.4, 0.5) is 13.2 Å². The van der Waals surface area contributed by atoms with Crippen LogP contribution in [0, 0.1) is 0 Å². The van der Waals surface area contributed by atoms with Gasteiger partial charge in [-0.1, -0.05) is 133 Å². The van der Waals surface area contributed by atoms with Gasteiger partial charge in [-0.3, -0.25) is 53.5 Å². The largest absolute Gasteiger partial charge is 0.497 e. The number of aliphatic imine (C=N–C) groups is 3. The van der Waals surface area contributed by atoms with Gasteiger partial charge in [0.2, 0.25) is 17.9 Å². The van der Waals surface area contributed by atoms with Crippen molar-refractivity contribution in [2.45, 2.75) is 37.8 Å². The van der Waals surface area contributed by atoms with Crippen molar-refractivity contribution in [1.29, 1.82) is 0 Å². The number of ether oxygens (including phenoxy) is 3. The molecule has 0 aromatic heterocycles. The second-order valence-corrected chi connectivity index (χ2v) is 26.2. The Labute approximate surface area is 636 Å². The van der Waals surface area contributed by atoms with Crippen molar-refractivity contribution in [3.63, 3.8) is 0 Å². The molecule has 6 amide bonds. The molecular formula is C88H72F3N9O11. The molecule has 16 rings (SSSR count). The van der Waals surface area contributed by atoms with Crippen LogP contribution in [-0.2, 0) is 19.6 Å². The summed E-state index contributed by atoms with van der Waals surface area (Å²) >= 11 is 0. The summed E-state index contributed by atoms with van der Waals surface area (Å²) in [6.45, 7) is 1.39. The molecule has 0 spiro atoms. The fourth-order valence-corrected chi connectivity index (χ4v) is 13.4. The van der Waals surface area contributed by atoms with Gasteiger partial charge in [0, 0.05) is 46.9 Å². The lowest BCUT2D eigenvalue weighted by Crippen LogP contribution is -2.40. The van der Waals surface area contributed by atoms with Gasteiger partial charge in [-0.25, -0.2) is 4.79 Å². The number of carbonyl (C=O) groups excluding carboxylic acids is 6. The summed E-state index contributed by atoms with van der Waals surface area (Å²) in [6.07, 6.45) is 0. The highest BCUT2D eigenvalue weighted by atomic mass is 19.1. The van der Waals surface area contributed by atoms with Crippen molar-refractivity contribution >= 4 is 59.3 Å². The van der Waals surface area contributed by atoms with Crippen LogP contribution >= 0.6 is 0 Å². The van der Waals surface area contributed by atoms with Crippen LogP contribution in [0.2, 0.25) is 0 Å². The van der Waals surface area contributed by atoms with Crippen molar-refractivity contribution < 1.29 is 66.1 Å². The molecule has 0 aliphatic carbocycles. The minimum absolute atomic E-state index is 0.0611. The number of carboxylic acid groups (broad SMARTS) is 1. The summed E-state index contributed by atoms with van der Waals surface area (Å²) in [7, 11) is 4.71. The number of benzene rings is 11. The van der Waals surface area contributed by atoms with Crippen LogP contribution < -0.4 is 36.3 Å². The number of fused-ring (bicyclic) bond motifs is 5. The van der Waals surface area contributed by atoms with Crippen LogP contribution in [0.1, 0.15) is 141 Å². The van der Waals surface area contributed by atoms with E-state index in [1.165, 1.54) is 11.0 Å². The Hall–Kier alpha value is -13.8. The highest BCUT2D eigenvalue weighted by Crippen LogP contribution is 2.34. The first kappa shape index (κ1) is 75.5. The number of nitrogens with one attached hydrogen (secondary N) is 2. The average Bonchev–Trinajstić information content (AvgIpc) is 1.87. The number of halogens is 3. The maximum absolute atomic E-state index is 14.1. The smallest absolute Gasteiger partial charge is 0.335 e. The number of carboxylic acids is 1. The van der Waals surface area contributed by atoms with Gasteiger partial charge in [-0.15, -0.1) is 0 Å². The van der Waals surface area contributed by atoms with E-state index in [4.69, 9.17) is 30.8 Å². The van der Waals surface area contributed by atoms with E-state index < -0.39 is 47.8 Å². The number of aromatic carboxylic acids is 1. The Morgan fingerprint density at radius 1 is 0.396 bits per heavy atom. The molecule has 11 aromatic rings. The van der Waals surface area contributed by atoms with Gasteiger partial charge < -0.3 is 41.4 Å². The maximum Gasteiger partial charge on any atom is 0.335 e. The summed E-state index contributed by atoms with van der Waals surface area (Å²) in [5, 5.41) is 15.0. The summed E-state index contributed by atoms with van der Waals surface area (Å²) in [5.41, 5.74) is 25.8. The molecule has 3 unspecified atom stereocenters. The number of hydrogen-bond donors (Lipinski definition) is 5. The van der Waals surface area contributed by atoms with Gasteiger partial charge in [-0.2, -0.15) is 13.2 Å². The van der Waals surface area contributed by atoms with E-state index in [2.05, 4.69) is 25.6 Å². The number of hydrogen-bond acceptors (Lipinski definition) is 15. The number of imide groups is 2. The third-order valence-electron chi connectivity index (χ3n) is 19.4. The van der Waals surface area contributed by atoms with Gasteiger partial charge in [0.15, 0.2) is 0 Å². The molecule has 0 radical (unpaired) electrons. The molecule has 23 heteroatoms. The molecule has 556 valence electrons. The minimum Gasteiger partial charge on any atom is -0.497 e. The van der Waals surface area contributed by atoms with Crippen LogP contribution in [0.15, 0.2) is 264 Å². The number of rotatable bonds is 19. The highest BCUT2D eigenvalue weighted by Gasteiger charge is 2.38. The molecule has 111 heavy (non-hydrogen) atoms. The molecule has 0 bridgehead atoms. The first-order valence-corrected chi connectivity index (χ1v) is 35.2. The van der Waals surface area contributed by atoms with Crippen LogP contribution in [-0.4, -0.2) is 115 Å². The number of nitrogens with zero attached hydrogens (tertiary/aromatic N) is 5. The van der Waals surface area contributed by atoms with E-state index in [9.17, 15) is 46.7 Å². The summed E-state index contributed by atoms with van der Waals surface area (Å²) in [4.78, 5) is 102. The third-order valence-corrected chi connectivity index (χ3v) is 19.4. The lowest BCUT2D eigenvalue weighted by Gasteiger charge is -2.24. The predicted octanol–water partition coefficient (Wildman–Crippen LogP) is 14.7. The second kappa shape index (κ2) is 33.6. The van der Waals surface area contributed by atoms with E-state index in [1.54, 1.807) is 155 Å². The minimum atomic E-state index is -0.976. The summed E-state index contributed by atoms with van der Waals surface area (Å²) in [6, 6.07) is 71.1. The zero-order valence-corrected chi connectivity index (χ0v) is 60.2. The van der Waals surface area contributed by atoms with E-state index >= 15 is 0 Å². The van der Waals surface area contributed by atoms with Crippen molar-refractivity contribution in [2.24, 2.45) is 26.4 Å². The summed E-state index contributed by atoms with van der Waals surface area (Å²) in [5.74, 6) is -2.40. The predicted molar refractivity (Wildman–Crippen MR) is 416 cm³/mol. The Balaban J connectivity index is 0.000000135. The normalized spacial score (nSPS) is 14.0.